The zero-order valence-electron chi connectivity index (χ0n) is 33.1. The minimum absolute atomic E-state index is 0. The summed E-state index contributed by atoms with van der Waals surface area (Å²) in [6, 6.07) is 25.1. The van der Waals surface area contributed by atoms with Crippen molar-refractivity contribution >= 4 is 35.3 Å². The van der Waals surface area contributed by atoms with Gasteiger partial charge in [0.05, 0.1) is 13.7 Å². The third kappa shape index (κ3) is 8.05. The van der Waals surface area contributed by atoms with Gasteiger partial charge in [0.2, 0.25) is 5.71 Å². The average molecular weight is 796 g/mol. The third-order valence-electron chi connectivity index (χ3n) is 7.11. The first kappa shape index (κ1) is 26.7. The molecule has 4 aromatic heterocycles. The maximum absolute atomic E-state index is 8.69. The van der Waals surface area contributed by atoms with Crippen LogP contribution in [0.15, 0.2) is 83.7 Å². The van der Waals surface area contributed by atoms with Crippen molar-refractivity contribution in [2.24, 2.45) is 5.41 Å². The molecule has 0 saturated heterocycles. The van der Waals surface area contributed by atoms with Gasteiger partial charge in [0, 0.05) is 52.3 Å². The Labute approximate surface area is 291 Å². The van der Waals surface area contributed by atoms with E-state index in [4.69, 9.17) is 12.6 Å². The van der Waals surface area contributed by atoms with Gasteiger partial charge in [-0.3, -0.25) is 0 Å². The Morgan fingerprint density at radius 1 is 0.933 bits per heavy atom. The van der Waals surface area contributed by atoms with Crippen LogP contribution in [0.5, 0.6) is 0 Å². The number of nitrogens with zero attached hydrogens (tertiary/aromatic N) is 3. The van der Waals surface area contributed by atoms with Crippen LogP contribution in [-0.4, -0.2) is 23.0 Å². The van der Waals surface area contributed by atoms with Gasteiger partial charge in [0.1, 0.15) is 0 Å². The number of fused-ring (bicyclic) bond motifs is 3. The van der Waals surface area contributed by atoms with Crippen LogP contribution >= 0.6 is 0 Å². The summed E-state index contributed by atoms with van der Waals surface area (Å²) in [5.41, 5.74) is 4.11. The number of aromatic nitrogens is 3. The molecule has 6 heteroatoms. The van der Waals surface area contributed by atoms with Crippen LogP contribution in [0.3, 0.4) is 0 Å². The van der Waals surface area contributed by atoms with Crippen LogP contribution in [-0.2, 0) is 26.5 Å². The molecule has 0 aliphatic carbocycles. The van der Waals surface area contributed by atoms with Gasteiger partial charge < -0.3 is 14.4 Å². The SMILES string of the molecule is [2H]C(C)(C)c1cc(-c2[c-]cccc2)ncc1[Si](C)(C)C.[2H]C([2H])([2H])c1cnc(-c2[c-]ccc3c2oc2ncccc23)cc1C([2H])([2H])C(C)(C)C.[Ir]. The van der Waals surface area contributed by atoms with Gasteiger partial charge in [-0.2, -0.15) is 0 Å². The molecule has 0 amide bonds. The van der Waals surface area contributed by atoms with E-state index in [9.17, 15) is 0 Å². The van der Waals surface area contributed by atoms with Crippen molar-refractivity contribution in [3.63, 3.8) is 0 Å². The minimum atomic E-state index is -2.49. The molecule has 235 valence electrons. The van der Waals surface area contributed by atoms with E-state index < -0.39 is 32.6 Å². The van der Waals surface area contributed by atoms with Gasteiger partial charge in [-0.25, -0.2) is 4.98 Å². The first-order valence-electron chi connectivity index (χ1n) is 17.8. The van der Waals surface area contributed by atoms with E-state index in [1.54, 1.807) is 33.0 Å². The number of benzene rings is 2. The van der Waals surface area contributed by atoms with Crippen molar-refractivity contribution in [2.75, 3.05) is 0 Å². The summed E-state index contributed by atoms with van der Waals surface area (Å²) >= 11 is 0. The van der Waals surface area contributed by atoms with Gasteiger partial charge >= 0.3 is 0 Å². The number of furan rings is 1. The number of hydrogen-bond acceptors (Lipinski definition) is 4. The molecule has 2 aromatic carbocycles. The molecule has 0 aliphatic heterocycles. The maximum atomic E-state index is 8.69. The van der Waals surface area contributed by atoms with Crippen LogP contribution in [0.4, 0.5) is 0 Å². The van der Waals surface area contributed by atoms with Crippen molar-refractivity contribution in [3.05, 3.63) is 108 Å². The van der Waals surface area contributed by atoms with Crippen molar-refractivity contribution in [2.45, 2.75) is 73.4 Å². The molecule has 4 heterocycles. The molecule has 6 rings (SSSR count). The molecule has 0 aliphatic rings. The second kappa shape index (κ2) is 13.9. The van der Waals surface area contributed by atoms with Crippen LogP contribution in [0.1, 0.15) is 65.4 Å². The van der Waals surface area contributed by atoms with E-state index in [1.807, 2.05) is 62.5 Å². The standard InChI is InChI=1S/C22H21N2O.C17H22NSi.Ir/c1-14-13-24-19(11-15(14)12-22(2,3)4)18-8-5-7-16-17-9-6-10-23-21(17)25-20(16)18;1-13(2)15-11-16(14-9-7-6-8-10-14)18-12-17(15)19(3,4)5;/h5-7,9-11,13H,12H2,1-4H3;6-9,11-13H,1-5H3;/q2*-1;/i1D3,12D2;13D;. The molecular formula is C39H43IrN3OSi-2. The van der Waals surface area contributed by atoms with E-state index in [-0.39, 0.29) is 31.2 Å². The second-order valence-electron chi connectivity index (χ2n) is 13.2. The predicted molar refractivity (Wildman–Crippen MR) is 187 cm³/mol. The van der Waals surface area contributed by atoms with Crippen LogP contribution in [0, 0.1) is 24.4 Å². The van der Waals surface area contributed by atoms with Gasteiger partial charge in [-0.15, -0.1) is 54.1 Å². The summed E-state index contributed by atoms with van der Waals surface area (Å²) in [5, 5.41) is 2.97. The molecule has 1 radical (unpaired) electrons. The Bertz CT molecular complexity index is 2150. The van der Waals surface area contributed by atoms with E-state index >= 15 is 0 Å². The zero-order chi connectivity index (χ0) is 36.9. The Morgan fingerprint density at radius 2 is 1.71 bits per heavy atom. The number of aryl methyl sites for hydroxylation is 1. The summed E-state index contributed by atoms with van der Waals surface area (Å²) in [6.07, 6.45) is 2.97. The summed E-state index contributed by atoms with van der Waals surface area (Å²) in [5.74, 6) is -0.609. The molecule has 0 unspecified atom stereocenters. The first-order valence-corrected chi connectivity index (χ1v) is 18.3. The number of hydrogen-bond donors (Lipinski definition) is 0. The molecule has 0 N–H and O–H groups in total. The summed E-state index contributed by atoms with van der Waals surface area (Å²) < 4.78 is 55.4. The van der Waals surface area contributed by atoms with E-state index in [2.05, 4.69) is 52.8 Å². The smallest absolute Gasteiger partial charge is 0.216 e. The largest absolute Gasteiger partial charge is 0.486 e. The minimum Gasteiger partial charge on any atom is -0.486 e. The number of rotatable bonds is 5. The predicted octanol–water partition coefficient (Wildman–Crippen LogP) is 9.96. The van der Waals surface area contributed by atoms with Crippen LogP contribution in [0.25, 0.3) is 44.6 Å². The van der Waals surface area contributed by atoms with Crippen LogP contribution in [0.2, 0.25) is 19.6 Å². The fourth-order valence-corrected chi connectivity index (χ4v) is 6.61. The fraction of sp³-hybridized carbons (Fsp3) is 0.308. The average Bonchev–Trinajstić information content (AvgIpc) is 3.42. The first-order chi connectivity index (χ1) is 23.1. The van der Waals surface area contributed by atoms with E-state index in [0.717, 1.165) is 27.6 Å². The quantitative estimate of drug-likeness (QED) is 0.129. The van der Waals surface area contributed by atoms with Crippen molar-refractivity contribution < 1.29 is 32.7 Å². The summed E-state index contributed by atoms with van der Waals surface area (Å²) in [6.45, 7) is 13.5. The van der Waals surface area contributed by atoms with Crippen molar-refractivity contribution in [1.82, 2.24) is 15.0 Å². The van der Waals surface area contributed by atoms with Gasteiger partial charge in [0.15, 0.2) is 0 Å². The Balaban J connectivity index is 0.000000243. The Kier molecular flexibility index (Phi) is 8.26. The molecule has 0 atom stereocenters. The summed E-state index contributed by atoms with van der Waals surface area (Å²) in [7, 11) is -1.50. The summed E-state index contributed by atoms with van der Waals surface area (Å²) in [4.78, 5) is 13.2. The maximum Gasteiger partial charge on any atom is 0.216 e. The van der Waals surface area contributed by atoms with E-state index in [0.29, 0.717) is 22.6 Å². The molecular weight excluding hydrogens is 747 g/mol. The van der Waals surface area contributed by atoms with E-state index in [1.165, 1.54) is 17.4 Å². The third-order valence-corrected chi connectivity index (χ3v) is 9.13. The van der Waals surface area contributed by atoms with Gasteiger partial charge in [-0.1, -0.05) is 88.5 Å². The second-order valence-corrected chi connectivity index (χ2v) is 18.2. The van der Waals surface area contributed by atoms with Crippen molar-refractivity contribution in [1.29, 1.82) is 0 Å². The number of pyridine rings is 3. The van der Waals surface area contributed by atoms with Crippen molar-refractivity contribution in [3.8, 4) is 22.5 Å². The normalized spacial score (nSPS) is 14.6. The molecule has 0 fully saturated rings. The molecule has 0 bridgehead atoms. The topological polar surface area (TPSA) is 51.8 Å². The molecule has 6 aromatic rings. The Morgan fingerprint density at radius 3 is 2.38 bits per heavy atom. The Hall–Kier alpha value is -3.44. The van der Waals surface area contributed by atoms with Gasteiger partial charge in [0.25, 0.3) is 0 Å². The van der Waals surface area contributed by atoms with Crippen LogP contribution < -0.4 is 5.19 Å². The molecule has 45 heavy (non-hydrogen) atoms. The molecule has 0 spiro atoms. The fourth-order valence-electron chi connectivity index (χ4n) is 5.03. The zero-order valence-corrected chi connectivity index (χ0v) is 30.5. The van der Waals surface area contributed by atoms with Gasteiger partial charge in [-0.05, 0) is 58.8 Å². The molecule has 0 saturated carbocycles. The molecule has 4 nitrogen and oxygen atoms in total. The monoisotopic (exact) mass is 796 g/mol.